The summed E-state index contributed by atoms with van der Waals surface area (Å²) in [6, 6.07) is 4.36. The van der Waals surface area contributed by atoms with Crippen molar-refractivity contribution in [3.05, 3.63) is 41.3 Å². The number of alkyl halides is 3. The van der Waals surface area contributed by atoms with E-state index < -0.39 is 11.7 Å². The minimum Gasteiger partial charge on any atom is -0.491 e. The van der Waals surface area contributed by atoms with Crippen molar-refractivity contribution in [2.75, 3.05) is 31.6 Å². The molecule has 0 aliphatic carbocycles. The lowest BCUT2D eigenvalue weighted by atomic mass is 9.93. The summed E-state index contributed by atoms with van der Waals surface area (Å²) in [4.78, 5) is 26.6. The summed E-state index contributed by atoms with van der Waals surface area (Å²) in [7, 11) is 0. The molecule has 9 heteroatoms. The smallest absolute Gasteiger partial charge is 0.416 e. The van der Waals surface area contributed by atoms with Crippen molar-refractivity contribution >= 4 is 17.5 Å². The molecule has 1 aromatic carbocycles. The topological polar surface area (TPSA) is 67.9 Å². The van der Waals surface area contributed by atoms with Crippen LogP contribution in [0.1, 0.15) is 38.2 Å². The second-order valence-corrected chi connectivity index (χ2v) is 7.50. The Balaban J connectivity index is 1.48. The van der Waals surface area contributed by atoms with E-state index in [4.69, 9.17) is 9.47 Å². The van der Waals surface area contributed by atoms with Crippen molar-refractivity contribution < 1.29 is 32.2 Å². The zero-order chi connectivity index (χ0) is 21.7. The number of amides is 2. The first-order valence-electron chi connectivity index (χ1n) is 9.97. The molecule has 1 N–H and O–H groups in total. The second kappa shape index (κ2) is 9.40. The first-order valence-corrected chi connectivity index (χ1v) is 9.97. The van der Waals surface area contributed by atoms with Gasteiger partial charge in [0.2, 0.25) is 11.7 Å². The Morgan fingerprint density at radius 1 is 1.17 bits per heavy atom. The van der Waals surface area contributed by atoms with E-state index in [0.29, 0.717) is 44.2 Å². The van der Waals surface area contributed by atoms with E-state index in [1.807, 2.05) is 0 Å². The molecule has 30 heavy (non-hydrogen) atoms. The van der Waals surface area contributed by atoms with Gasteiger partial charge in [0.25, 0.3) is 5.91 Å². The molecule has 1 aromatic rings. The standard InChI is InChI=1S/C21H25F3N2O4/c1-14-19(30-12-11-29-14)20(28)26-10-2-3-15(13-26)4-9-18(27)25-17-7-5-16(6-8-17)21(22,23)24/h5-8,15H,2-4,9-13H2,1H3,(H,25,27)/t15-/m1/s1. The number of carbonyl (C=O) groups is 2. The summed E-state index contributed by atoms with van der Waals surface area (Å²) in [5.41, 5.74) is -0.435. The Kier molecular flexibility index (Phi) is 6.89. The number of carbonyl (C=O) groups excluding carboxylic acids is 2. The maximum atomic E-state index is 12.7. The van der Waals surface area contributed by atoms with Crippen LogP contribution in [0.3, 0.4) is 0 Å². The van der Waals surface area contributed by atoms with Gasteiger partial charge in [-0.1, -0.05) is 0 Å². The molecule has 0 radical (unpaired) electrons. The van der Waals surface area contributed by atoms with Gasteiger partial charge in [0.15, 0.2) is 0 Å². The van der Waals surface area contributed by atoms with Gasteiger partial charge in [0, 0.05) is 25.2 Å². The van der Waals surface area contributed by atoms with Crippen LogP contribution >= 0.6 is 0 Å². The van der Waals surface area contributed by atoms with E-state index >= 15 is 0 Å². The van der Waals surface area contributed by atoms with Gasteiger partial charge in [-0.2, -0.15) is 13.2 Å². The molecule has 1 atom stereocenters. The van der Waals surface area contributed by atoms with E-state index in [9.17, 15) is 22.8 Å². The Bertz CT molecular complexity index is 805. The molecule has 2 aliphatic heterocycles. The van der Waals surface area contributed by atoms with Gasteiger partial charge in [0.05, 0.1) is 5.56 Å². The summed E-state index contributed by atoms with van der Waals surface area (Å²) < 4.78 is 48.7. The third kappa shape index (κ3) is 5.67. The maximum absolute atomic E-state index is 12.7. The number of halogens is 3. The number of nitrogens with one attached hydrogen (secondary N) is 1. The first-order chi connectivity index (χ1) is 14.2. The van der Waals surface area contributed by atoms with Gasteiger partial charge in [-0.25, -0.2) is 0 Å². The molecule has 0 spiro atoms. The van der Waals surface area contributed by atoms with E-state index in [2.05, 4.69) is 5.32 Å². The highest BCUT2D eigenvalue weighted by Gasteiger charge is 2.31. The molecule has 164 valence electrons. The van der Waals surface area contributed by atoms with Crippen molar-refractivity contribution in [2.24, 2.45) is 5.92 Å². The Morgan fingerprint density at radius 2 is 1.87 bits per heavy atom. The first kappa shape index (κ1) is 22.0. The van der Waals surface area contributed by atoms with Crippen LogP contribution in [0.2, 0.25) is 0 Å². The number of rotatable bonds is 5. The summed E-state index contributed by atoms with van der Waals surface area (Å²) in [5.74, 6) is 0.463. The van der Waals surface area contributed by atoms with Gasteiger partial charge in [-0.05, 0) is 56.4 Å². The zero-order valence-corrected chi connectivity index (χ0v) is 16.8. The Morgan fingerprint density at radius 3 is 2.53 bits per heavy atom. The van der Waals surface area contributed by atoms with Crippen LogP contribution in [0.25, 0.3) is 0 Å². The maximum Gasteiger partial charge on any atom is 0.416 e. The van der Waals surface area contributed by atoms with Gasteiger partial charge in [-0.15, -0.1) is 0 Å². The van der Waals surface area contributed by atoms with Crippen molar-refractivity contribution in [1.29, 1.82) is 0 Å². The number of ether oxygens (including phenoxy) is 2. The predicted molar refractivity (Wildman–Crippen MR) is 103 cm³/mol. The molecule has 2 aliphatic rings. The molecular formula is C21H25F3N2O4. The predicted octanol–water partition coefficient (Wildman–Crippen LogP) is 3.94. The zero-order valence-electron chi connectivity index (χ0n) is 16.8. The van der Waals surface area contributed by atoms with Gasteiger partial charge < -0.3 is 19.7 Å². The second-order valence-electron chi connectivity index (χ2n) is 7.50. The molecular weight excluding hydrogens is 401 g/mol. The summed E-state index contributed by atoms with van der Waals surface area (Å²) in [6.07, 6.45) is -1.84. The van der Waals surface area contributed by atoms with Crippen LogP contribution in [-0.4, -0.2) is 43.0 Å². The number of hydrogen-bond acceptors (Lipinski definition) is 4. The highest BCUT2D eigenvalue weighted by atomic mass is 19.4. The molecule has 0 saturated carbocycles. The molecule has 6 nitrogen and oxygen atoms in total. The number of likely N-dealkylation sites (tertiary alicyclic amines) is 1. The molecule has 1 fully saturated rings. The van der Waals surface area contributed by atoms with Gasteiger partial charge in [0.1, 0.15) is 19.0 Å². The lowest BCUT2D eigenvalue weighted by molar-refractivity contribution is -0.137. The van der Waals surface area contributed by atoms with Crippen molar-refractivity contribution in [1.82, 2.24) is 4.90 Å². The summed E-state index contributed by atoms with van der Waals surface area (Å²) >= 11 is 0. The average Bonchev–Trinajstić information content (AvgIpc) is 2.72. The number of allylic oxidation sites excluding steroid dienone is 1. The minimum atomic E-state index is -4.41. The molecule has 0 unspecified atom stereocenters. The highest BCUT2D eigenvalue weighted by molar-refractivity contribution is 5.92. The lowest BCUT2D eigenvalue weighted by Gasteiger charge is -2.34. The normalized spacial score (nSPS) is 19.7. The monoisotopic (exact) mass is 426 g/mol. The molecule has 0 bridgehead atoms. The van der Waals surface area contributed by atoms with Crippen molar-refractivity contribution in [3.8, 4) is 0 Å². The molecule has 1 saturated heterocycles. The number of nitrogens with zero attached hydrogens (tertiary/aromatic N) is 1. The fraction of sp³-hybridized carbons (Fsp3) is 0.524. The van der Waals surface area contributed by atoms with E-state index in [1.165, 1.54) is 12.1 Å². The van der Waals surface area contributed by atoms with Crippen LogP contribution in [0.4, 0.5) is 18.9 Å². The van der Waals surface area contributed by atoms with Crippen LogP contribution in [-0.2, 0) is 25.2 Å². The molecule has 2 heterocycles. The van der Waals surface area contributed by atoms with E-state index in [1.54, 1.807) is 11.8 Å². The van der Waals surface area contributed by atoms with Crippen LogP contribution in [0.15, 0.2) is 35.8 Å². The fourth-order valence-electron chi connectivity index (χ4n) is 3.65. The number of piperidine rings is 1. The number of hydrogen-bond donors (Lipinski definition) is 1. The third-order valence-corrected chi connectivity index (χ3v) is 5.24. The lowest BCUT2D eigenvalue weighted by Crippen LogP contribution is -2.42. The number of anilines is 1. The average molecular weight is 426 g/mol. The quantitative estimate of drug-likeness (QED) is 0.775. The molecule has 2 amide bonds. The summed E-state index contributed by atoms with van der Waals surface area (Å²) in [6.45, 7) is 3.65. The summed E-state index contributed by atoms with van der Waals surface area (Å²) in [5, 5.41) is 2.62. The van der Waals surface area contributed by atoms with Crippen molar-refractivity contribution in [2.45, 2.75) is 38.8 Å². The number of benzene rings is 1. The minimum absolute atomic E-state index is 0.173. The third-order valence-electron chi connectivity index (χ3n) is 5.24. The van der Waals surface area contributed by atoms with E-state index in [0.717, 1.165) is 25.0 Å². The van der Waals surface area contributed by atoms with Crippen LogP contribution in [0, 0.1) is 5.92 Å². The van der Waals surface area contributed by atoms with Crippen LogP contribution in [0.5, 0.6) is 0 Å². The molecule has 3 rings (SSSR count). The van der Waals surface area contributed by atoms with Crippen molar-refractivity contribution in [3.63, 3.8) is 0 Å². The molecule has 0 aromatic heterocycles. The van der Waals surface area contributed by atoms with Gasteiger partial charge in [-0.3, -0.25) is 9.59 Å². The Labute approximate surface area is 173 Å². The van der Waals surface area contributed by atoms with Gasteiger partial charge >= 0.3 is 6.18 Å². The highest BCUT2D eigenvalue weighted by Crippen LogP contribution is 2.30. The van der Waals surface area contributed by atoms with E-state index in [-0.39, 0.29) is 29.9 Å². The Hall–Kier alpha value is -2.71. The van der Waals surface area contributed by atoms with Crippen LogP contribution < -0.4 is 5.32 Å². The largest absolute Gasteiger partial charge is 0.491 e. The fourth-order valence-corrected chi connectivity index (χ4v) is 3.65. The SMILES string of the molecule is CC1=C(C(=O)N2CCC[C@H](CCC(=O)Nc3ccc(C(F)(F)F)cc3)C2)OCCO1.